The highest BCUT2D eigenvalue weighted by Crippen LogP contribution is 2.29. The van der Waals surface area contributed by atoms with Gasteiger partial charge in [-0.3, -0.25) is 9.78 Å². The van der Waals surface area contributed by atoms with Crippen LogP contribution in [0.15, 0.2) is 54.7 Å². The summed E-state index contributed by atoms with van der Waals surface area (Å²) in [7, 11) is 3.14. The van der Waals surface area contributed by atoms with E-state index in [9.17, 15) is 4.79 Å². The van der Waals surface area contributed by atoms with Crippen LogP contribution in [0, 0.1) is 0 Å². The van der Waals surface area contributed by atoms with Gasteiger partial charge in [-0.2, -0.15) is 0 Å². The molecule has 0 radical (unpaired) electrons. The number of benzene rings is 2. The van der Waals surface area contributed by atoms with E-state index in [1.807, 2.05) is 30.3 Å². The van der Waals surface area contributed by atoms with Crippen molar-refractivity contribution in [3.05, 3.63) is 54.7 Å². The topological polar surface area (TPSA) is 72.5 Å². The van der Waals surface area contributed by atoms with Gasteiger partial charge in [0, 0.05) is 30.6 Å². The van der Waals surface area contributed by atoms with Crippen LogP contribution >= 0.6 is 0 Å². The number of methoxy groups -OCH3 is 2. The number of nitrogens with zero attached hydrogens (tertiary/aromatic N) is 1. The Morgan fingerprint density at radius 2 is 1.88 bits per heavy atom. The van der Waals surface area contributed by atoms with Crippen LogP contribution in [0.25, 0.3) is 10.9 Å². The number of carbonyl (C=O) groups is 1. The van der Waals surface area contributed by atoms with Crippen molar-refractivity contribution < 1.29 is 14.3 Å². The van der Waals surface area contributed by atoms with E-state index in [-0.39, 0.29) is 5.91 Å². The summed E-state index contributed by atoms with van der Waals surface area (Å²) in [6, 6.07) is 15.1. The Morgan fingerprint density at radius 1 is 1.04 bits per heavy atom. The monoisotopic (exact) mass is 351 g/mol. The summed E-state index contributed by atoms with van der Waals surface area (Å²) < 4.78 is 10.5. The van der Waals surface area contributed by atoms with E-state index in [1.165, 1.54) is 0 Å². The Balaban J connectivity index is 1.61. The van der Waals surface area contributed by atoms with E-state index in [4.69, 9.17) is 9.47 Å². The number of rotatable bonds is 7. The number of para-hydroxylation sites is 1. The summed E-state index contributed by atoms with van der Waals surface area (Å²) in [5.74, 6) is 1.13. The molecule has 26 heavy (non-hydrogen) atoms. The van der Waals surface area contributed by atoms with Crippen LogP contribution in [0.5, 0.6) is 11.5 Å². The minimum absolute atomic E-state index is 0.114. The molecule has 1 heterocycles. The lowest BCUT2D eigenvalue weighted by atomic mass is 10.2. The Bertz CT molecular complexity index is 906. The van der Waals surface area contributed by atoms with Crippen LogP contribution in [0.3, 0.4) is 0 Å². The summed E-state index contributed by atoms with van der Waals surface area (Å²) in [4.78, 5) is 16.7. The number of carbonyl (C=O) groups excluding carboxylic acids is 1. The van der Waals surface area contributed by atoms with Gasteiger partial charge in [0.05, 0.1) is 31.1 Å². The zero-order valence-electron chi connectivity index (χ0n) is 14.8. The Labute approximate surface area is 152 Å². The molecule has 1 amide bonds. The molecule has 0 saturated carbocycles. The van der Waals surface area contributed by atoms with E-state index in [0.717, 1.165) is 16.6 Å². The van der Waals surface area contributed by atoms with Gasteiger partial charge < -0.3 is 20.1 Å². The highest BCUT2D eigenvalue weighted by molar-refractivity contribution is 5.93. The summed E-state index contributed by atoms with van der Waals surface area (Å²) in [6.07, 6.45) is 2.07. The third kappa shape index (κ3) is 4.03. The van der Waals surface area contributed by atoms with Gasteiger partial charge in [-0.15, -0.1) is 0 Å². The molecular weight excluding hydrogens is 330 g/mol. The smallest absolute Gasteiger partial charge is 0.226 e. The Kier molecular flexibility index (Phi) is 5.53. The van der Waals surface area contributed by atoms with E-state index < -0.39 is 0 Å². The average Bonchev–Trinajstić information content (AvgIpc) is 2.68. The molecule has 134 valence electrons. The number of ether oxygens (including phenoxy) is 2. The highest BCUT2D eigenvalue weighted by Gasteiger charge is 2.09. The molecule has 3 aromatic rings. The lowest BCUT2D eigenvalue weighted by molar-refractivity contribution is -0.116. The number of nitrogens with one attached hydrogen (secondary N) is 2. The van der Waals surface area contributed by atoms with Crippen molar-refractivity contribution in [2.75, 3.05) is 31.4 Å². The maximum Gasteiger partial charge on any atom is 0.226 e. The van der Waals surface area contributed by atoms with Crippen LogP contribution in [-0.2, 0) is 4.79 Å². The fourth-order valence-corrected chi connectivity index (χ4v) is 2.68. The third-order valence-electron chi connectivity index (χ3n) is 3.98. The van der Waals surface area contributed by atoms with Crippen molar-refractivity contribution in [1.82, 2.24) is 4.98 Å². The highest BCUT2D eigenvalue weighted by atomic mass is 16.5. The predicted octanol–water partition coefficient (Wildman–Crippen LogP) is 3.69. The molecule has 0 spiro atoms. The van der Waals surface area contributed by atoms with E-state index >= 15 is 0 Å². The molecule has 2 N–H and O–H groups in total. The van der Waals surface area contributed by atoms with Crippen molar-refractivity contribution in [2.24, 2.45) is 0 Å². The molecule has 0 atom stereocenters. The molecule has 0 fully saturated rings. The van der Waals surface area contributed by atoms with Gasteiger partial charge in [-0.1, -0.05) is 18.2 Å². The van der Waals surface area contributed by atoms with Crippen LogP contribution in [-0.4, -0.2) is 31.7 Å². The zero-order chi connectivity index (χ0) is 18.4. The number of aromatic nitrogens is 1. The molecule has 6 heteroatoms. The third-order valence-corrected chi connectivity index (χ3v) is 3.98. The second kappa shape index (κ2) is 8.20. The summed E-state index contributed by atoms with van der Waals surface area (Å²) in [5, 5.41) is 7.19. The van der Waals surface area contributed by atoms with Crippen molar-refractivity contribution in [3.63, 3.8) is 0 Å². The van der Waals surface area contributed by atoms with Gasteiger partial charge in [0.15, 0.2) is 0 Å². The Morgan fingerprint density at radius 3 is 2.69 bits per heavy atom. The van der Waals surface area contributed by atoms with Crippen molar-refractivity contribution >= 4 is 28.2 Å². The Hall–Kier alpha value is -3.28. The molecule has 0 saturated heterocycles. The second-order valence-electron chi connectivity index (χ2n) is 5.67. The number of hydrogen-bond acceptors (Lipinski definition) is 5. The first-order valence-electron chi connectivity index (χ1n) is 8.31. The van der Waals surface area contributed by atoms with Crippen molar-refractivity contribution in [1.29, 1.82) is 0 Å². The predicted molar refractivity (Wildman–Crippen MR) is 103 cm³/mol. The van der Waals surface area contributed by atoms with Gasteiger partial charge in [0.2, 0.25) is 5.91 Å². The van der Waals surface area contributed by atoms with E-state index in [2.05, 4.69) is 15.6 Å². The summed E-state index contributed by atoms with van der Waals surface area (Å²) in [5.41, 5.74) is 2.39. The largest absolute Gasteiger partial charge is 0.497 e. The summed E-state index contributed by atoms with van der Waals surface area (Å²) in [6.45, 7) is 0.494. The van der Waals surface area contributed by atoms with Crippen molar-refractivity contribution in [3.8, 4) is 11.5 Å². The van der Waals surface area contributed by atoms with Gasteiger partial charge >= 0.3 is 0 Å². The normalized spacial score (nSPS) is 10.4. The van der Waals surface area contributed by atoms with E-state index in [1.54, 1.807) is 38.6 Å². The number of anilines is 2. The zero-order valence-corrected chi connectivity index (χ0v) is 14.8. The number of hydrogen-bond donors (Lipinski definition) is 2. The lowest BCUT2D eigenvalue weighted by Crippen LogP contribution is -2.17. The number of amides is 1. The molecule has 6 nitrogen and oxygen atoms in total. The molecule has 2 aromatic carbocycles. The quantitative estimate of drug-likeness (QED) is 0.679. The molecule has 0 bridgehead atoms. The fourth-order valence-electron chi connectivity index (χ4n) is 2.68. The van der Waals surface area contributed by atoms with Gasteiger partial charge in [0.25, 0.3) is 0 Å². The fraction of sp³-hybridized carbons (Fsp3) is 0.200. The average molecular weight is 351 g/mol. The van der Waals surface area contributed by atoms with Gasteiger partial charge in [0.1, 0.15) is 11.5 Å². The van der Waals surface area contributed by atoms with Crippen molar-refractivity contribution in [2.45, 2.75) is 6.42 Å². The maximum absolute atomic E-state index is 12.3. The molecule has 0 aliphatic rings. The molecular formula is C20H21N3O3. The standard InChI is InChI=1S/C20H21N3O3/c1-25-15-8-9-18(26-2)17(13-15)23-19(24)10-12-21-16-7-3-5-14-6-4-11-22-20(14)16/h3-9,11,13,21H,10,12H2,1-2H3,(H,23,24). The van der Waals surface area contributed by atoms with Gasteiger partial charge in [-0.25, -0.2) is 0 Å². The lowest BCUT2D eigenvalue weighted by Gasteiger charge is -2.12. The first kappa shape index (κ1) is 17.5. The molecule has 3 rings (SSSR count). The first-order valence-corrected chi connectivity index (χ1v) is 8.31. The SMILES string of the molecule is COc1ccc(OC)c(NC(=O)CCNc2cccc3cccnc23)c1. The summed E-state index contributed by atoms with van der Waals surface area (Å²) >= 11 is 0. The number of pyridine rings is 1. The molecule has 0 aliphatic carbocycles. The van der Waals surface area contributed by atoms with Crippen LogP contribution < -0.4 is 20.1 Å². The van der Waals surface area contributed by atoms with E-state index in [0.29, 0.717) is 30.2 Å². The minimum Gasteiger partial charge on any atom is -0.497 e. The van der Waals surface area contributed by atoms with Crippen LogP contribution in [0.1, 0.15) is 6.42 Å². The maximum atomic E-state index is 12.3. The molecule has 0 aliphatic heterocycles. The van der Waals surface area contributed by atoms with Crippen LogP contribution in [0.2, 0.25) is 0 Å². The molecule has 0 unspecified atom stereocenters. The molecule has 1 aromatic heterocycles. The number of fused-ring (bicyclic) bond motifs is 1. The first-order chi connectivity index (χ1) is 12.7. The van der Waals surface area contributed by atoms with Gasteiger partial charge in [-0.05, 0) is 24.3 Å². The van der Waals surface area contributed by atoms with Crippen LogP contribution in [0.4, 0.5) is 11.4 Å². The second-order valence-corrected chi connectivity index (χ2v) is 5.67. The minimum atomic E-state index is -0.114.